The summed E-state index contributed by atoms with van der Waals surface area (Å²) < 4.78 is 10.5. The highest BCUT2D eigenvalue weighted by Crippen LogP contribution is 2.35. The highest BCUT2D eigenvalue weighted by atomic mass is 16.5. The lowest BCUT2D eigenvalue weighted by Crippen LogP contribution is -2.44. The monoisotopic (exact) mass is 229 g/mol. The van der Waals surface area contributed by atoms with Crippen molar-refractivity contribution in [3.8, 4) is 11.5 Å². The van der Waals surface area contributed by atoms with Crippen molar-refractivity contribution in [3.05, 3.63) is 23.3 Å². The van der Waals surface area contributed by atoms with Crippen molar-refractivity contribution in [1.82, 2.24) is 0 Å². The Labute approximate surface area is 105 Å². The van der Waals surface area contributed by atoms with Crippen LogP contribution in [0.25, 0.3) is 0 Å². The largest absolute Gasteiger partial charge is 0.496 e. The predicted octanol–water partition coefficient (Wildman–Crippen LogP) is 0.849. The van der Waals surface area contributed by atoms with Gasteiger partial charge in [0, 0.05) is 0 Å². The SMILES string of the molecule is [B]C([B])(c1cc(OC)c(C)cc1OC)C(C)N. The van der Waals surface area contributed by atoms with Crippen LogP contribution < -0.4 is 15.2 Å². The third-order valence-electron chi connectivity index (χ3n) is 2.94. The van der Waals surface area contributed by atoms with E-state index in [9.17, 15) is 0 Å². The van der Waals surface area contributed by atoms with E-state index in [0.29, 0.717) is 17.1 Å². The fourth-order valence-electron chi connectivity index (χ4n) is 1.63. The molecular formula is C12H17B2NO2. The number of nitrogens with two attached hydrogens (primary N) is 1. The second kappa shape index (κ2) is 5.05. The predicted molar refractivity (Wildman–Crippen MR) is 71.1 cm³/mol. The van der Waals surface area contributed by atoms with Crippen LogP contribution in [0.2, 0.25) is 0 Å². The summed E-state index contributed by atoms with van der Waals surface area (Å²) >= 11 is 0. The zero-order valence-electron chi connectivity index (χ0n) is 10.8. The zero-order valence-corrected chi connectivity index (χ0v) is 10.8. The molecule has 1 aromatic carbocycles. The number of methoxy groups -OCH3 is 2. The second-order valence-electron chi connectivity index (χ2n) is 4.24. The Morgan fingerprint density at radius 2 is 1.71 bits per heavy atom. The maximum absolute atomic E-state index is 6.05. The van der Waals surface area contributed by atoms with Gasteiger partial charge in [-0.3, -0.25) is 0 Å². The van der Waals surface area contributed by atoms with Crippen LogP contribution in [0.4, 0.5) is 0 Å². The maximum Gasteiger partial charge on any atom is 0.122 e. The van der Waals surface area contributed by atoms with E-state index < -0.39 is 11.3 Å². The summed E-state index contributed by atoms with van der Waals surface area (Å²) in [6.45, 7) is 3.68. The molecule has 5 heteroatoms. The van der Waals surface area contributed by atoms with Crippen molar-refractivity contribution >= 4 is 15.7 Å². The summed E-state index contributed by atoms with van der Waals surface area (Å²) in [5.74, 6) is 1.33. The van der Waals surface area contributed by atoms with E-state index >= 15 is 0 Å². The van der Waals surface area contributed by atoms with Gasteiger partial charge in [0.15, 0.2) is 0 Å². The smallest absolute Gasteiger partial charge is 0.122 e. The molecule has 0 heterocycles. The average molecular weight is 229 g/mol. The molecule has 0 aliphatic rings. The standard InChI is InChI=1S/C12H17B2NO2/c1-7-5-11(17-4)9(6-10(7)16-3)12(13,14)8(2)15/h5-6,8H,15H2,1-4H3. The fraction of sp³-hybridized carbons (Fsp3) is 0.500. The molecule has 1 unspecified atom stereocenters. The summed E-state index contributed by atoms with van der Waals surface area (Å²) in [6.07, 6.45) is 0. The van der Waals surface area contributed by atoms with Crippen LogP contribution in [0.15, 0.2) is 12.1 Å². The topological polar surface area (TPSA) is 44.5 Å². The quantitative estimate of drug-likeness (QED) is 0.778. The summed E-state index contributed by atoms with van der Waals surface area (Å²) in [7, 11) is 15.3. The van der Waals surface area contributed by atoms with Crippen LogP contribution in [0.1, 0.15) is 18.1 Å². The first-order valence-electron chi connectivity index (χ1n) is 5.41. The highest BCUT2D eigenvalue weighted by molar-refractivity contribution is 6.41. The summed E-state index contributed by atoms with van der Waals surface area (Å²) in [5.41, 5.74) is 7.40. The van der Waals surface area contributed by atoms with Crippen LogP contribution in [0.5, 0.6) is 11.5 Å². The maximum atomic E-state index is 6.05. The van der Waals surface area contributed by atoms with E-state index in [-0.39, 0.29) is 0 Å². The van der Waals surface area contributed by atoms with Gasteiger partial charge in [-0.15, -0.1) is 0 Å². The number of hydrogen-bond acceptors (Lipinski definition) is 3. The molecule has 1 aromatic rings. The second-order valence-corrected chi connectivity index (χ2v) is 4.24. The third kappa shape index (κ3) is 2.60. The molecule has 2 N–H and O–H groups in total. The molecule has 0 aliphatic carbocycles. The van der Waals surface area contributed by atoms with E-state index in [2.05, 4.69) is 0 Å². The molecule has 1 atom stereocenters. The average Bonchev–Trinajstić information content (AvgIpc) is 2.27. The molecule has 0 saturated heterocycles. The minimum absolute atomic E-state index is 0.413. The Bertz CT molecular complexity index is 406. The van der Waals surface area contributed by atoms with Crippen molar-refractivity contribution in [1.29, 1.82) is 0 Å². The molecule has 0 aliphatic heterocycles. The molecule has 4 radical (unpaired) electrons. The molecular weight excluding hydrogens is 212 g/mol. The van der Waals surface area contributed by atoms with Crippen LogP contribution in [0.3, 0.4) is 0 Å². The van der Waals surface area contributed by atoms with Gasteiger partial charge in [-0.1, -0.05) is 12.1 Å². The lowest BCUT2D eigenvalue weighted by atomic mass is 9.47. The van der Waals surface area contributed by atoms with Crippen LogP contribution >= 0.6 is 0 Å². The van der Waals surface area contributed by atoms with Crippen LogP contribution in [0, 0.1) is 6.92 Å². The molecule has 0 amide bonds. The number of aryl methyl sites for hydroxylation is 1. The number of hydrogen-bond donors (Lipinski definition) is 1. The first-order valence-corrected chi connectivity index (χ1v) is 5.41. The Morgan fingerprint density at radius 1 is 1.18 bits per heavy atom. The van der Waals surface area contributed by atoms with Gasteiger partial charge in [0.1, 0.15) is 11.5 Å². The molecule has 0 aromatic heterocycles. The minimum atomic E-state index is -1.16. The lowest BCUT2D eigenvalue weighted by Gasteiger charge is -2.32. The Balaban J connectivity index is 3.40. The van der Waals surface area contributed by atoms with Gasteiger partial charge in [-0.25, -0.2) is 0 Å². The van der Waals surface area contributed by atoms with Gasteiger partial charge in [0.05, 0.1) is 29.9 Å². The molecule has 88 valence electrons. The van der Waals surface area contributed by atoms with Gasteiger partial charge < -0.3 is 15.2 Å². The van der Waals surface area contributed by atoms with Crippen molar-refractivity contribution < 1.29 is 9.47 Å². The Hall–Kier alpha value is -1.09. The van der Waals surface area contributed by atoms with Crippen LogP contribution in [-0.2, 0) is 5.21 Å². The van der Waals surface area contributed by atoms with E-state index in [0.717, 1.165) is 5.56 Å². The zero-order chi connectivity index (χ0) is 13.2. The van der Waals surface area contributed by atoms with Gasteiger partial charge in [0.2, 0.25) is 0 Å². The van der Waals surface area contributed by atoms with Crippen LogP contribution in [-0.4, -0.2) is 36.0 Å². The van der Waals surface area contributed by atoms with E-state index in [4.69, 9.17) is 30.9 Å². The number of benzene rings is 1. The van der Waals surface area contributed by atoms with Gasteiger partial charge in [-0.2, -0.15) is 0 Å². The first kappa shape index (κ1) is 14.0. The molecule has 1 rings (SSSR count). The van der Waals surface area contributed by atoms with E-state index in [1.54, 1.807) is 27.2 Å². The summed E-state index contributed by atoms with van der Waals surface area (Å²) in [5, 5.41) is -1.16. The van der Waals surface area contributed by atoms with Gasteiger partial charge in [-0.05, 0) is 36.2 Å². The third-order valence-corrected chi connectivity index (χ3v) is 2.94. The minimum Gasteiger partial charge on any atom is -0.496 e. The van der Waals surface area contributed by atoms with Gasteiger partial charge in [0.25, 0.3) is 0 Å². The van der Waals surface area contributed by atoms with E-state index in [1.807, 2.05) is 13.0 Å². The summed E-state index contributed by atoms with van der Waals surface area (Å²) in [4.78, 5) is 0. The highest BCUT2D eigenvalue weighted by Gasteiger charge is 2.28. The van der Waals surface area contributed by atoms with Crippen molar-refractivity contribution in [2.24, 2.45) is 5.73 Å². The Morgan fingerprint density at radius 3 is 2.12 bits per heavy atom. The van der Waals surface area contributed by atoms with Crippen molar-refractivity contribution in [3.63, 3.8) is 0 Å². The molecule has 0 bridgehead atoms. The van der Waals surface area contributed by atoms with E-state index in [1.165, 1.54) is 0 Å². The lowest BCUT2D eigenvalue weighted by molar-refractivity contribution is 0.392. The molecule has 0 saturated carbocycles. The number of ether oxygens (including phenoxy) is 2. The Kier molecular flexibility index (Phi) is 4.15. The van der Waals surface area contributed by atoms with Gasteiger partial charge >= 0.3 is 0 Å². The fourth-order valence-corrected chi connectivity index (χ4v) is 1.63. The first-order chi connectivity index (χ1) is 7.84. The molecule has 17 heavy (non-hydrogen) atoms. The summed E-state index contributed by atoms with van der Waals surface area (Å²) in [6, 6.07) is 3.20. The van der Waals surface area contributed by atoms with Crippen molar-refractivity contribution in [2.75, 3.05) is 14.2 Å². The molecule has 0 spiro atoms. The van der Waals surface area contributed by atoms with Crippen molar-refractivity contribution in [2.45, 2.75) is 25.1 Å². The molecule has 0 fully saturated rings. The number of rotatable bonds is 4. The molecule has 3 nitrogen and oxygen atoms in total. The normalized spacial score (nSPS) is 13.2.